The Balaban J connectivity index is 2.85. The number of rotatable bonds is 3. The molecule has 4 heteroatoms. The highest BCUT2D eigenvalue weighted by molar-refractivity contribution is 5.80. The fourth-order valence-electron chi connectivity index (χ4n) is 1.15. The fraction of sp³-hybridized carbons (Fsp3) is 0.300. The van der Waals surface area contributed by atoms with Gasteiger partial charge in [0.15, 0.2) is 11.6 Å². The van der Waals surface area contributed by atoms with Gasteiger partial charge < -0.3 is 4.90 Å². The minimum Gasteiger partial charge on any atom is -0.367 e. The first-order valence-electron chi connectivity index (χ1n) is 4.16. The van der Waals surface area contributed by atoms with Gasteiger partial charge in [0.2, 0.25) is 0 Å². The number of likely N-dealkylation sites (N-methyl/N-ethyl adjacent to an activating group) is 1. The van der Waals surface area contributed by atoms with E-state index in [1.165, 1.54) is 13.0 Å². The monoisotopic (exact) mass is 199 g/mol. The summed E-state index contributed by atoms with van der Waals surface area (Å²) >= 11 is 0. The Bertz CT molecular complexity index is 352. The van der Waals surface area contributed by atoms with Crippen molar-refractivity contribution in [3.05, 3.63) is 29.8 Å². The summed E-state index contributed by atoms with van der Waals surface area (Å²) in [5.41, 5.74) is 0.485. The molecule has 1 aromatic rings. The zero-order valence-electron chi connectivity index (χ0n) is 8.05. The number of Topliss-reactive ketones (excluding diaryl/α,β-unsaturated/α-hetero) is 1. The molecule has 0 aliphatic rings. The van der Waals surface area contributed by atoms with E-state index >= 15 is 0 Å². The second kappa shape index (κ2) is 4.17. The van der Waals surface area contributed by atoms with Gasteiger partial charge in [-0.15, -0.1) is 0 Å². The van der Waals surface area contributed by atoms with E-state index in [1.807, 2.05) is 0 Å². The number of carbonyl (C=O) groups excluding carboxylic acids is 1. The van der Waals surface area contributed by atoms with Crippen molar-refractivity contribution in [2.75, 3.05) is 18.5 Å². The molecule has 0 bridgehead atoms. The highest BCUT2D eigenvalue weighted by atomic mass is 19.2. The van der Waals surface area contributed by atoms with Crippen LogP contribution in [0.1, 0.15) is 6.92 Å². The van der Waals surface area contributed by atoms with Crippen LogP contribution in [0.25, 0.3) is 0 Å². The van der Waals surface area contributed by atoms with Gasteiger partial charge in [0, 0.05) is 18.8 Å². The van der Waals surface area contributed by atoms with Crippen molar-refractivity contribution in [3.8, 4) is 0 Å². The number of benzene rings is 1. The second-order valence-electron chi connectivity index (χ2n) is 3.16. The highest BCUT2D eigenvalue weighted by Gasteiger charge is 2.07. The van der Waals surface area contributed by atoms with E-state index in [-0.39, 0.29) is 12.3 Å². The van der Waals surface area contributed by atoms with E-state index < -0.39 is 11.6 Å². The molecule has 2 nitrogen and oxygen atoms in total. The van der Waals surface area contributed by atoms with Crippen LogP contribution in [0.2, 0.25) is 0 Å². The van der Waals surface area contributed by atoms with E-state index in [0.29, 0.717) is 5.69 Å². The molecule has 1 rings (SSSR count). The maximum atomic E-state index is 12.8. The molecule has 0 unspecified atom stereocenters. The molecule has 0 radical (unpaired) electrons. The first-order valence-corrected chi connectivity index (χ1v) is 4.16. The maximum absolute atomic E-state index is 12.8. The molecule has 0 atom stereocenters. The van der Waals surface area contributed by atoms with E-state index in [9.17, 15) is 13.6 Å². The third-order valence-electron chi connectivity index (χ3n) is 1.80. The number of carbonyl (C=O) groups is 1. The lowest BCUT2D eigenvalue weighted by molar-refractivity contribution is -0.115. The van der Waals surface area contributed by atoms with Crippen LogP contribution in [-0.2, 0) is 4.79 Å². The minimum absolute atomic E-state index is 0.0303. The molecule has 0 aliphatic heterocycles. The van der Waals surface area contributed by atoms with Crippen LogP contribution in [0.3, 0.4) is 0 Å². The third kappa shape index (κ3) is 2.52. The lowest BCUT2D eigenvalue weighted by atomic mass is 10.2. The van der Waals surface area contributed by atoms with Crippen LogP contribution in [0.5, 0.6) is 0 Å². The fourth-order valence-corrected chi connectivity index (χ4v) is 1.15. The zero-order valence-corrected chi connectivity index (χ0v) is 8.05. The van der Waals surface area contributed by atoms with Crippen molar-refractivity contribution in [2.45, 2.75) is 6.92 Å². The van der Waals surface area contributed by atoms with Gasteiger partial charge in [-0.1, -0.05) is 0 Å². The number of hydrogen-bond donors (Lipinski definition) is 0. The van der Waals surface area contributed by atoms with Gasteiger partial charge in [-0.05, 0) is 19.1 Å². The van der Waals surface area contributed by atoms with E-state index in [1.54, 1.807) is 11.9 Å². The normalized spacial score (nSPS) is 10.0. The number of nitrogens with zero attached hydrogens (tertiary/aromatic N) is 1. The summed E-state index contributed by atoms with van der Waals surface area (Å²) in [5, 5.41) is 0. The first kappa shape index (κ1) is 10.6. The van der Waals surface area contributed by atoms with Crippen LogP contribution in [0.15, 0.2) is 18.2 Å². The molecule has 0 amide bonds. The van der Waals surface area contributed by atoms with E-state index in [0.717, 1.165) is 12.1 Å². The second-order valence-corrected chi connectivity index (χ2v) is 3.16. The van der Waals surface area contributed by atoms with E-state index in [2.05, 4.69) is 0 Å². The van der Waals surface area contributed by atoms with Gasteiger partial charge >= 0.3 is 0 Å². The van der Waals surface area contributed by atoms with Crippen LogP contribution in [0.4, 0.5) is 14.5 Å². The Kier molecular flexibility index (Phi) is 3.17. The predicted molar refractivity (Wildman–Crippen MR) is 50.3 cm³/mol. The number of ketones is 1. The maximum Gasteiger partial charge on any atom is 0.160 e. The summed E-state index contributed by atoms with van der Waals surface area (Å²) in [6.07, 6.45) is 0. The van der Waals surface area contributed by atoms with Crippen LogP contribution in [0, 0.1) is 11.6 Å². The molecule has 0 heterocycles. The Labute approximate surface area is 81.1 Å². The van der Waals surface area contributed by atoms with Crippen LogP contribution in [-0.4, -0.2) is 19.4 Å². The SMILES string of the molecule is CC(=O)CN(C)c1ccc(F)c(F)c1. The van der Waals surface area contributed by atoms with Gasteiger partial charge in [0.05, 0.1) is 6.54 Å². The number of hydrogen-bond acceptors (Lipinski definition) is 2. The van der Waals surface area contributed by atoms with Gasteiger partial charge in [-0.2, -0.15) is 0 Å². The summed E-state index contributed by atoms with van der Waals surface area (Å²) in [6, 6.07) is 3.54. The van der Waals surface area contributed by atoms with E-state index in [4.69, 9.17) is 0 Å². The first-order chi connectivity index (χ1) is 6.50. The minimum atomic E-state index is -0.905. The van der Waals surface area contributed by atoms with Crippen LogP contribution < -0.4 is 4.90 Å². The average molecular weight is 199 g/mol. The number of halogens is 2. The highest BCUT2D eigenvalue weighted by Crippen LogP contribution is 2.16. The number of anilines is 1. The van der Waals surface area contributed by atoms with Crippen molar-refractivity contribution in [3.63, 3.8) is 0 Å². The summed E-state index contributed by atoms with van der Waals surface area (Å²) < 4.78 is 25.4. The molecule has 0 aliphatic carbocycles. The third-order valence-corrected chi connectivity index (χ3v) is 1.80. The molecule has 14 heavy (non-hydrogen) atoms. The summed E-state index contributed by atoms with van der Waals surface area (Å²) in [6.45, 7) is 1.63. The summed E-state index contributed by atoms with van der Waals surface area (Å²) in [5.74, 6) is -1.82. The van der Waals surface area contributed by atoms with Gasteiger partial charge in [0.1, 0.15) is 5.78 Å². The Morgan fingerprint density at radius 2 is 2.00 bits per heavy atom. The quantitative estimate of drug-likeness (QED) is 0.742. The van der Waals surface area contributed by atoms with Crippen molar-refractivity contribution in [2.24, 2.45) is 0 Å². The van der Waals surface area contributed by atoms with Crippen molar-refractivity contribution >= 4 is 11.5 Å². The summed E-state index contributed by atoms with van der Waals surface area (Å²) in [4.78, 5) is 12.3. The summed E-state index contributed by atoms with van der Waals surface area (Å²) in [7, 11) is 1.65. The van der Waals surface area contributed by atoms with Gasteiger partial charge in [0.25, 0.3) is 0 Å². The predicted octanol–water partition coefficient (Wildman–Crippen LogP) is 1.99. The molecule has 76 valence electrons. The molecule has 0 saturated heterocycles. The van der Waals surface area contributed by atoms with Crippen molar-refractivity contribution in [1.82, 2.24) is 0 Å². The standard InChI is InChI=1S/C10H11F2NO/c1-7(14)6-13(2)8-3-4-9(11)10(12)5-8/h3-5H,6H2,1-2H3. The topological polar surface area (TPSA) is 20.3 Å². The average Bonchev–Trinajstić information content (AvgIpc) is 2.08. The largest absolute Gasteiger partial charge is 0.367 e. The Morgan fingerprint density at radius 3 is 2.50 bits per heavy atom. The van der Waals surface area contributed by atoms with Crippen molar-refractivity contribution in [1.29, 1.82) is 0 Å². The molecule has 1 aromatic carbocycles. The zero-order chi connectivity index (χ0) is 10.7. The molecule has 0 N–H and O–H groups in total. The van der Waals surface area contributed by atoms with Crippen molar-refractivity contribution < 1.29 is 13.6 Å². The van der Waals surface area contributed by atoms with Crippen LogP contribution >= 0.6 is 0 Å². The van der Waals surface area contributed by atoms with Gasteiger partial charge in [-0.25, -0.2) is 8.78 Å². The Morgan fingerprint density at radius 1 is 1.36 bits per heavy atom. The molecule has 0 aromatic heterocycles. The molecule has 0 fully saturated rings. The molecular formula is C10H11F2NO. The molecular weight excluding hydrogens is 188 g/mol. The smallest absolute Gasteiger partial charge is 0.160 e. The van der Waals surface area contributed by atoms with Gasteiger partial charge in [-0.3, -0.25) is 4.79 Å². The lowest BCUT2D eigenvalue weighted by Crippen LogP contribution is -2.23. The lowest BCUT2D eigenvalue weighted by Gasteiger charge is -2.17. The molecule has 0 spiro atoms. The molecule has 0 saturated carbocycles. The Hall–Kier alpha value is -1.45.